The van der Waals surface area contributed by atoms with E-state index in [4.69, 9.17) is 0 Å². The predicted octanol–water partition coefficient (Wildman–Crippen LogP) is 9.04. The van der Waals surface area contributed by atoms with Crippen molar-refractivity contribution in [3.63, 3.8) is 0 Å². The van der Waals surface area contributed by atoms with Crippen molar-refractivity contribution in [3.05, 3.63) is 72.7 Å². The predicted molar refractivity (Wildman–Crippen MR) is 161 cm³/mol. The summed E-state index contributed by atoms with van der Waals surface area (Å²) in [6.45, 7) is 31.7. The normalized spacial score (nSPS) is 17.8. The van der Waals surface area contributed by atoms with Gasteiger partial charge in [0.25, 0.3) is 0 Å². The second kappa shape index (κ2) is 9.27. The van der Waals surface area contributed by atoms with Crippen LogP contribution in [0, 0.1) is 5.92 Å². The number of benzene rings is 2. The molecule has 0 saturated carbocycles. The summed E-state index contributed by atoms with van der Waals surface area (Å²) >= 11 is -2.33. The number of rotatable bonds is 3. The fourth-order valence-corrected chi connectivity index (χ4v) is 17.7. The Balaban J connectivity index is 2.01. The Morgan fingerprint density at radius 2 is 1.50 bits per heavy atom. The number of hydrogen-bond donors (Lipinski definition) is 0. The zero-order chi connectivity index (χ0) is 27.0. The third-order valence-electron chi connectivity index (χ3n) is 8.26. The molecule has 0 bridgehead atoms. The van der Waals surface area contributed by atoms with Gasteiger partial charge in [-0.15, -0.1) is 0 Å². The van der Waals surface area contributed by atoms with E-state index < -0.39 is 29.3 Å². The van der Waals surface area contributed by atoms with Crippen molar-refractivity contribution in [2.24, 2.45) is 5.92 Å². The molecule has 4 rings (SSSR count). The van der Waals surface area contributed by atoms with E-state index in [0.29, 0.717) is 5.92 Å². The quantitative estimate of drug-likeness (QED) is 0.273. The van der Waals surface area contributed by atoms with Gasteiger partial charge in [0.15, 0.2) is 0 Å². The van der Waals surface area contributed by atoms with E-state index in [1.165, 1.54) is 22.3 Å². The minimum atomic E-state index is -2.33. The van der Waals surface area contributed by atoms with Crippen molar-refractivity contribution in [1.29, 1.82) is 0 Å². The molecule has 0 amide bonds. The molecular formula is C34H48SiZr. The Morgan fingerprint density at radius 1 is 0.889 bits per heavy atom. The van der Waals surface area contributed by atoms with Crippen molar-refractivity contribution < 1.29 is 21.3 Å². The van der Waals surface area contributed by atoms with E-state index in [1.807, 2.05) is 3.28 Å². The molecule has 0 aromatic heterocycles. The van der Waals surface area contributed by atoms with Crippen LogP contribution in [-0.2, 0) is 38.5 Å². The van der Waals surface area contributed by atoms with E-state index in [-0.39, 0.29) is 10.8 Å². The van der Waals surface area contributed by atoms with Gasteiger partial charge in [-0.25, -0.2) is 0 Å². The Morgan fingerprint density at radius 3 is 2.00 bits per heavy atom. The monoisotopic (exact) mass is 574 g/mol. The summed E-state index contributed by atoms with van der Waals surface area (Å²) in [6, 6.07) is 12.3. The summed E-state index contributed by atoms with van der Waals surface area (Å²) < 4.78 is 5.36. The number of hydrogen-bond acceptors (Lipinski definition) is 0. The van der Waals surface area contributed by atoms with Gasteiger partial charge in [-0.3, -0.25) is 0 Å². The molecule has 0 spiro atoms. The first kappa shape index (κ1) is 27.9. The van der Waals surface area contributed by atoms with Gasteiger partial charge in [0.2, 0.25) is 0 Å². The molecule has 192 valence electrons. The molecule has 1 unspecified atom stereocenters. The fourth-order valence-electron chi connectivity index (χ4n) is 6.48. The van der Waals surface area contributed by atoms with Crippen LogP contribution in [0.2, 0.25) is 19.6 Å². The molecule has 0 fully saturated rings. The van der Waals surface area contributed by atoms with Gasteiger partial charge in [0.1, 0.15) is 0 Å². The second-order valence-electron chi connectivity index (χ2n) is 14.6. The van der Waals surface area contributed by atoms with Gasteiger partial charge < -0.3 is 0 Å². The van der Waals surface area contributed by atoms with Crippen LogP contribution in [0.15, 0.2) is 50.5 Å². The number of fused-ring (bicyclic) bond motifs is 3. The molecule has 0 heterocycles. The standard InChI is InChI=1S/C21H25.C10H17Si.C3H6.Zr/c1-20(2,3)16-7-9-18-14(12-16)11-15-13-17(21(4,5)6)8-10-19(15)18;1-8-6-9(2)10(7-8)11(3,4)5;1-3-2;/h7-10,12H,11H2,1-6H3;7-8H,1-5H3;1-2H3;. The average molecular weight is 576 g/mol. The maximum absolute atomic E-state index is 2.66. The van der Waals surface area contributed by atoms with Crippen LogP contribution in [0.25, 0.3) is 11.1 Å². The van der Waals surface area contributed by atoms with E-state index in [9.17, 15) is 0 Å². The number of allylic oxidation sites excluding steroid dienone is 4. The van der Waals surface area contributed by atoms with Crippen molar-refractivity contribution >= 4 is 14.6 Å². The molecule has 2 aromatic carbocycles. The molecule has 0 N–H and O–H groups in total. The summed E-state index contributed by atoms with van der Waals surface area (Å²) in [5.74, 6) is 0.580. The summed E-state index contributed by atoms with van der Waals surface area (Å²) in [4.78, 5) is 0. The summed E-state index contributed by atoms with van der Waals surface area (Å²) in [7, 11) is -1.37. The van der Waals surface area contributed by atoms with E-state index in [0.717, 1.165) is 6.42 Å². The summed E-state index contributed by atoms with van der Waals surface area (Å²) in [5.41, 5.74) is 11.2. The van der Waals surface area contributed by atoms with Gasteiger partial charge in [-0.1, -0.05) is 0 Å². The molecule has 0 radical (unpaired) electrons. The van der Waals surface area contributed by atoms with E-state index >= 15 is 0 Å². The van der Waals surface area contributed by atoms with E-state index in [2.05, 4.69) is 125 Å². The molecule has 2 aliphatic rings. The molecule has 2 heteroatoms. The molecular weight excluding hydrogens is 528 g/mol. The Kier molecular flexibility index (Phi) is 7.19. The summed E-state index contributed by atoms with van der Waals surface area (Å²) in [5, 5.41) is 1.72. The molecule has 2 aromatic rings. The Hall–Kier alpha value is -1.11. The maximum atomic E-state index is 2.66. The first-order valence-corrected chi connectivity index (χ1v) is 21.0. The third-order valence-corrected chi connectivity index (χ3v) is 18.9. The molecule has 0 aliphatic heterocycles. The van der Waals surface area contributed by atoms with Crippen LogP contribution in [0.1, 0.15) is 91.5 Å². The molecule has 2 aliphatic carbocycles. The zero-order valence-corrected chi connectivity index (χ0v) is 28.7. The van der Waals surface area contributed by atoms with Crippen molar-refractivity contribution in [1.82, 2.24) is 0 Å². The van der Waals surface area contributed by atoms with Gasteiger partial charge in [-0.05, 0) is 0 Å². The topological polar surface area (TPSA) is 0 Å². The van der Waals surface area contributed by atoms with Crippen molar-refractivity contribution in [3.8, 4) is 11.1 Å². The third kappa shape index (κ3) is 4.87. The summed E-state index contributed by atoms with van der Waals surface area (Å²) in [6.07, 6.45) is 3.75. The molecule has 0 nitrogen and oxygen atoms in total. The van der Waals surface area contributed by atoms with E-state index in [1.54, 1.807) is 28.4 Å². The first-order valence-electron chi connectivity index (χ1n) is 13.8. The van der Waals surface area contributed by atoms with Crippen LogP contribution in [0.3, 0.4) is 0 Å². The average Bonchev–Trinajstić information content (AvgIpc) is 3.24. The van der Waals surface area contributed by atoms with Gasteiger partial charge in [0, 0.05) is 0 Å². The first-order chi connectivity index (χ1) is 16.4. The second-order valence-corrected chi connectivity index (χ2v) is 26.5. The van der Waals surface area contributed by atoms with Gasteiger partial charge in [-0.2, -0.15) is 0 Å². The molecule has 0 saturated heterocycles. The van der Waals surface area contributed by atoms with Crippen molar-refractivity contribution in [2.45, 2.75) is 106 Å². The Labute approximate surface area is 230 Å². The van der Waals surface area contributed by atoms with Gasteiger partial charge in [0.05, 0.1) is 0 Å². The van der Waals surface area contributed by atoms with Crippen LogP contribution >= 0.6 is 0 Å². The van der Waals surface area contributed by atoms with Crippen LogP contribution in [0.5, 0.6) is 0 Å². The minimum absolute atomic E-state index is 0.141. The molecule has 1 atom stereocenters. The zero-order valence-electron chi connectivity index (χ0n) is 25.2. The van der Waals surface area contributed by atoms with Crippen LogP contribution in [-0.4, -0.2) is 11.3 Å². The Bertz CT molecular complexity index is 1320. The fraction of sp³-hybridized carbons (Fsp3) is 0.500. The van der Waals surface area contributed by atoms with Crippen molar-refractivity contribution in [2.75, 3.05) is 0 Å². The van der Waals surface area contributed by atoms with Crippen LogP contribution < -0.4 is 3.27 Å². The van der Waals surface area contributed by atoms with Crippen LogP contribution in [0.4, 0.5) is 0 Å². The molecule has 36 heavy (non-hydrogen) atoms. The van der Waals surface area contributed by atoms with Gasteiger partial charge >= 0.3 is 232 Å². The SMILES string of the molecule is CC1=[C]([Zr](=[C](C)C)[c]2c(C(C)(C)C)ccc3c2Cc2cc(C(C)(C)C)ccc2-3)C(C)C=C1[Si](C)(C)C.